The number of hydrogen-bond donors (Lipinski definition) is 10. The molecule has 1 saturated carbocycles. The third-order valence-electron chi connectivity index (χ3n) is 11.6. The zero-order chi connectivity index (χ0) is 43.7. The van der Waals surface area contributed by atoms with Gasteiger partial charge >= 0.3 is 11.7 Å². The highest BCUT2D eigenvalue weighted by molar-refractivity contribution is 5.91. The molecule has 3 aromatic rings. The van der Waals surface area contributed by atoms with E-state index in [0.717, 1.165) is 53.6 Å². The first kappa shape index (κ1) is 46.2. The van der Waals surface area contributed by atoms with Crippen LogP contribution in [-0.2, 0) is 30.3 Å². The van der Waals surface area contributed by atoms with Gasteiger partial charge in [0.15, 0.2) is 12.6 Å². The van der Waals surface area contributed by atoms with Gasteiger partial charge in [-0.15, -0.1) is 0 Å². The molecule has 3 heterocycles. The summed E-state index contributed by atoms with van der Waals surface area (Å²) >= 11 is 0. The van der Waals surface area contributed by atoms with Crippen LogP contribution in [0.25, 0.3) is 10.9 Å². The predicted octanol–water partition coefficient (Wildman–Crippen LogP) is -0.0224. The first-order chi connectivity index (χ1) is 28.5. The molecule has 9 atom stereocenters. The molecular formula is C41H61N9O10. The highest BCUT2D eigenvalue weighted by atomic mass is 16.5. The number of benzene rings is 1. The molecule has 2 fully saturated rings. The van der Waals surface area contributed by atoms with E-state index in [2.05, 4.69) is 31.2 Å². The van der Waals surface area contributed by atoms with Crippen LogP contribution in [0.2, 0.25) is 0 Å². The van der Waals surface area contributed by atoms with Gasteiger partial charge in [-0.25, -0.2) is 4.79 Å². The van der Waals surface area contributed by atoms with E-state index in [1.807, 2.05) is 38.1 Å². The number of aliphatic carboxylic acids is 1. The predicted molar refractivity (Wildman–Crippen MR) is 221 cm³/mol. The molecule has 1 saturated heterocycles. The van der Waals surface area contributed by atoms with Crippen molar-refractivity contribution >= 4 is 34.6 Å². The molecule has 0 spiro atoms. The van der Waals surface area contributed by atoms with Gasteiger partial charge in [0.25, 0.3) is 5.56 Å². The quantitative estimate of drug-likeness (QED) is 0.0671. The second-order valence-corrected chi connectivity index (χ2v) is 16.6. The number of carboxylic acid groups (broad SMARTS) is 1. The molecule has 0 radical (unpaired) electrons. The molecule has 19 nitrogen and oxygen atoms in total. The van der Waals surface area contributed by atoms with Crippen LogP contribution in [0.5, 0.6) is 0 Å². The Labute approximate surface area is 347 Å². The molecule has 1 aliphatic carbocycles. The van der Waals surface area contributed by atoms with Gasteiger partial charge in [0.1, 0.15) is 18.2 Å². The number of hydrogen-bond acceptors (Lipinski definition) is 12. The average molecular weight is 840 g/mol. The lowest BCUT2D eigenvalue weighted by molar-refractivity contribution is -0.141. The van der Waals surface area contributed by atoms with Gasteiger partial charge in [-0.1, -0.05) is 64.2 Å². The molecule has 0 bridgehead atoms. The SMILES string of the molecule is CC(C)C[C@H](NC(O)N[C@@H](Cc1c[nH]c2ccccc12)C(=O)O)C(=O)N[C@H](C(=O)NC[C@H]1C[C@@H](O)[C@H](n2ccc(=O)[nH]c2=O)O1)[C@H](C)N(C)C(=O)[C@@H](N)CC1CCCCC1. The zero-order valence-electron chi connectivity index (χ0n) is 34.6. The number of nitrogens with zero attached hydrogens (tertiary/aromatic N) is 2. The maximum Gasteiger partial charge on any atom is 0.330 e. The zero-order valence-corrected chi connectivity index (χ0v) is 34.6. The lowest BCUT2D eigenvalue weighted by Crippen LogP contribution is -2.63. The van der Waals surface area contributed by atoms with E-state index < -0.39 is 89.9 Å². The number of para-hydroxylation sites is 1. The van der Waals surface area contributed by atoms with Gasteiger partial charge in [0.05, 0.1) is 24.2 Å². The molecule has 19 heteroatoms. The number of carbonyl (C=O) groups excluding carboxylic acids is 3. The second kappa shape index (κ2) is 21.0. The summed E-state index contributed by atoms with van der Waals surface area (Å²) in [7, 11) is 1.51. The summed E-state index contributed by atoms with van der Waals surface area (Å²) in [5, 5.41) is 43.7. The van der Waals surface area contributed by atoms with E-state index in [0.29, 0.717) is 17.9 Å². The summed E-state index contributed by atoms with van der Waals surface area (Å²) in [6.07, 6.45) is 4.18. The van der Waals surface area contributed by atoms with E-state index in [9.17, 15) is 44.1 Å². The van der Waals surface area contributed by atoms with Crippen LogP contribution < -0.4 is 38.2 Å². The van der Waals surface area contributed by atoms with Crippen molar-refractivity contribution in [3.8, 4) is 0 Å². The van der Waals surface area contributed by atoms with Crippen molar-refractivity contribution < 1.29 is 39.2 Å². The standard InChI is InChI=1S/C41H61N9O10/c1-22(2)16-30(45-40(58)46-31(39(56)57)18-25-20-43-29-13-9-8-12-27(25)29)35(53)48-34(23(3)49(4)37(55)28(42)17-24-10-6-5-7-11-24)36(54)44-21-26-19-32(51)38(60-26)50-15-14-33(52)47-41(50)59/h8-9,12-15,20,22-24,26,28,30-32,34,38,40,43,45-46,51,58H,5-7,10-11,16-19,21,42H2,1-4H3,(H,44,54)(H,48,53)(H,56,57)(H,47,52,59)/t23-,26+,28-,30-,31-,32+,34-,38+,40?/m0/s1. The Kier molecular flexibility index (Phi) is 16.2. The van der Waals surface area contributed by atoms with Crippen molar-refractivity contribution in [2.75, 3.05) is 13.6 Å². The van der Waals surface area contributed by atoms with E-state index in [4.69, 9.17) is 10.5 Å². The number of aliphatic hydroxyl groups excluding tert-OH is 2. The number of amides is 3. The lowest BCUT2D eigenvalue weighted by Gasteiger charge is -2.35. The first-order valence-corrected chi connectivity index (χ1v) is 20.8. The monoisotopic (exact) mass is 839 g/mol. The molecule has 330 valence electrons. The minimum Gasteiger partial charge on any atom is -0.480 e. The van der Waals surface area contributed by atoms with E-state index in [-0.39, 0.29) is 31.7 Å². The highest BCUT2D eigenvalue weighted by Crippen LogP contribution is 2.29. The summed E-state index contributed by atoms with van der Waals surface area (Å²) < 4.78 is 6.93. The number of carbonyl (C=O) groups is 4. The van der Waals surface area contributed by atoms with Crippen LogP contribution in [0.15, 0.2) is 52.3 Å². The van der Waals surface area contributed by atoms with Gasteiger partial charge in [-0.2, -0.15) is 0 Å². The number of likely N-dealkylation sites (N-methyl/N-ethyl adjacent to an activating group) is 1. The molecule has 5 rings (SSSR count). The molecule has 2 aliphatic rings. The van der Waals surface area contributed by atoms with Crippen LogP contribution in [0.4, 0.5) is 0 Å². The molecule has 2 aromatic heterocycles. The number of fused-ring (bicyclic) bond motifs is 1. The number of aromatic nitrogens is 3. The summed E-state index contributed by atoms with van der Waals surface area (Å²) in [5.74, 6) is -2.79. The molecular weight excluding hydrogens is 779 g/mol. The fraction of sp³-hybridized carbons (Fsp3) is 0.610. The van der Waals surface area contributed by atoms with Gasteiger partial charge in [0, 0.05) is 55.8 Å². The molecule has 11 N–H and O–H groups in total. The Hall–Kier alpha value is -4.92. The lowest BCUT2D eigenvalue weighted by atomic mass is 9.84. The summed E-state index contributed by atoms with van der Waals surface area (Å²) in [4.78, 5) is 84.8. The number of nitrogens with one attached hydrogen (secondary N) is 6. The van der Waals surface area contributed by atoms with Crippen molar-refractivity contribution in [1.29, 1.82) is 0 Å². The Bertz CT molecular complexity index is 2050. The largest absolute Gasteiger partial charge is 0.480 e. The summed E-state index contributed by atoms with van der Waals surface area (Å²) in [5.41, 5.74) is 6.59. The molecule has 1 aromatic carbocycles. The molecule has 1 aliphatic heterocycles. The van der Waals surface area contributed by atoms with Gasteiger partial charge in [-0.05, 0) is 43.2 Å². The first-order valence-electron chi connectivity index (χ1n) is 20.8. The van der Waals surface area contributed by atoms with Crippen molar-refractivity contribution in [2.24, 2.45) is 17.6 Å². The van der Waals surface area contributed by atoms with Crippen molar-refractivity contribution in [3.63, 3.8) is 0 Å². The van der Waals surface area contributed by atoms with Crippen molar-refractivity contribution in [1.82, 2.24) is 40.7 Å². The minimum absolute atomic E-state index is 0.0201. The Morgan fingerprint density at radius 1 is 1.02 bits per heavy atom. The number of nitrogens with two attached hydrogens (primary N) is 1. The normalized spacial score (nSPS) is 21.5. The number of ether oxygens (including phenoxy) is 1. The maximum absolute atomic E-state index is 14.1. The van der Waals surface area contributed by atoms with Gasteiger partial charge in [-0.3, -0.25) is 44.2 Å². The fourth-order valence-corrected chi connectivity index (χ4v) is 8.18. The van der Waals surface area contributed by atoms with E-state index >= 15 is 0 Å². The average Bonchev–Trinajstić information content (AvgIpc) is 3.79. The van der Waals surface area contributed by atoms with Gasteiger partial charge < -0.3 is 46.3 Å². The Balaban J connectivity index is 1.30. The Morgan fingerprint density at radius 3 is 2.40 bits per heavy atom. The smallest absolute Gasteiger partial charge is 0.330 e. The Morgan fingerprint density at radius 2 is 1.72 bits per heavy atom. The van der Waals surface area contributed by atoms with Crippen LogP contribution >= 0.6 is 0 Å². The topological polar surface area (TPSA) is 286 Å². The van der Waals surface area contributed by atoms with Gasteiger partial charge in [0.2, 0.25) is 17.7 Å². The van der Waals surface area contributed by atoms with E-state index in [1.54, 1.807) is 13.1 Å². The minimum atomic E-state index is -1.66. The highest BCUT2D eigenvalue weighted by Gasteiger charge is 2.39. The van der Waals surface area contributed by atoms with Crippen LogP contribution in [0.1, 0.15) is 83.9 Å². The number of aromatic amines is 2. The molecule has 3 amide bonds. The number of rotatable bonds is 20. The summed E-state index contributed by atoms with van der Waals surface area (Å²) in [6.45, 7) is 5.17. The van der Waals surface area contributed by atoms with E-state index in [1.165, 1.54) is 18.1 Å². The summed E-state index contributed by atoms with van der Waals surface area (Å²) in [6, 6.07) is 3.04. The van der Waals surface area contributed by atoms with Crippen LogP contribution in [0, 0.1) is 11.8 Å². The fourth-order valence-electron chi connectivity index (χ4n) is 8.18. The van der Waals surface area contributed by atoms with Crippen LogP contribution in [-0.4, -0.2) is 121 Å². The number of H-pyrrole nitrogens is 2. The number of carboxylic acids is 1. The molecule has 60 heavy (non-hydrogen) atoms. The molecule has 1 unspecified atom stereocenters. The third kappa shape index (κ3) is 12.1. The third-order valence-corrected chi connectivity index (χ3v) is 11.6. The second-order valence-electron chi connectivity index (χ2n) is 16.6. The maximum atomic E-state index is 14.1. The van der Waals surface area contributed by atoms with Crippen LogP contribution in [0.3, 0.4) is 0 Å². The number of aliphatic hydroxyl groups is 2. The van der Waals surface area contributed by atoms with Crippen molar-refractivity contribution in [2.45, 2.75) is 134 Å². The van der Waals surface area contributed by atoms with Crippen molar-refractivity contribution in [3.05, 3.63) is 69.1 Å².